The number of hydrogen-bond acceptors (Lipinski definition) is 3. The van der Waals surface area contributed by atoms with Gasteiger partial charge < -0.3 is 9.15 Å². The highest BCUT2D eigenvalue weighted by Crippen LogP contribution is 2.42. The lowest BCUT2D eigenvalue weighted by Crippen LogP contribution is -1.93. The fourth-order valence-electron chi connectivity index (χ4n) is 2.21. The number of ether oxygens (including phenoxy) is 1. The maximum Gasteiger partial charge on any atom is 0.294 e. The first kappa shape index (κ1) is 13.7. The van der Waals surface area contributed by atoms with Crippen LogP contribution in [0.2, 0.25) is 5.02 Å². The fourth-order valence-corrected chi connectivity index (χ4v) is 2.45. The molecule has 106 valence electrons. The van der Waals surface area contributed by atoms with E-state index in [9.17, 15) is 0 Å². The summed E-state index contributed by atoms with van der Waals surface area (Å²) >= 11 is 6.30. The highest BCUT2D eigenvalue weighted by molar-refractivity contribution is 6.33. The number of nitrogens with zero attached hydrogens (tertiary/aromatic N) is 1. The molecule has 0 aliphatic rings. The molecule has 2 aromatic heterocycles. The molecule has 21 heavy (non-hydrogen) atoms. The molecule has 0 fully saturated rings. The molecule has 0 aliphatic heterocycles. The predicted octanol–water partition coefficient (Wildman–Crippen LogP) is 5.06. The molecule has 0 unspecified atom stereocenters. The SMILES string of the molecule is CCOc1occ(-c2ccccc2Cl)c1-c1ccccn1. The molecule has 3 aromatic rings. The van der Waals surface area contributed by atoms with Crippen LogP contribution in [-0.4, -0.2) is 11.6 Å². The Balaban J connectivity index is 2.21. The summed E-state index contributed by atoms with van der Waals surface area (Å²) < 4.78 is 11.2. The van der Waals surface area contributed by atoms with Crippen molar-refractivity contribution < 1.29 is 9.15 Å². The summed E-state index contributed by atoms with van der Waals surface area (Å²) in [6.07, 6.45) is 3.41. The highest BCUT2D eigenvalue weighted by Gasteiger charge is 2.20. The number of benzene rings is 1. The second-order valence-electron chi connectivity index (χ2n) is 4.44. The third-order valence-electron chi connectivity index (χ3n) is 3.12. The highest BCUT2D eigenvalue weighted by atomic mass is 35.5. The minimum Gasteiger partial charge on any atom is -0.465 e. The van der Waals surface area contributed by atoms with Crippen LogP contribution in [0.1, 0.15) is 6.92 Å². The molecule has 4 heteroatoms. The van der Waals surface area contributed by atoms with Crippen LogP contribution in [0.25, 0.3) is 22.4 Å². The molecule has 0 N–H and O–H groups in total. The number of rotatable bonds is 4. The lowest BCUT2D eigenvalue weighted by Gasteiger charge is -2.07. The number of furan rings is 1. The van der Waals surface area contributed by atoms with Crippen LogP contribution in [0.4, 0.5) is 0 Å². The first-order chi connectivity index (χ1) is 10.3. The molecule has 0 aliphatic carbocycles. The van der Waals surface area contributed by atoms with Crippen LogP contribution in [-0.2, 0) is 0 Å². The van der Waals surface area contributed by atoms with E-state index in [-0.39, 0.29) is 0 Å². The maximum absolute atomic E-state index is 6.30. The van der Waals surface area contributed by atoms with Gasteiger partial charge in [0, 0.05) is 22.3 Å². The van der Waals surface area contributed by atoms with Crippen molar-refractivity contribution in [2.45, 2.75) is 6.92 Å². The van der Waals surface area contributed by atoms with E-state index in [4.69, 9.17) is 20.8 Å². The predicted molar refractivity (Wildman–Crippen MR) is 83.6 cm³/mol. The standard InChI is InChI=1S/C17H14ClNO2/c1-2-20-17-16(15-9-5-6-10-19-15)13(11-21-17)12-7-3-4-8-14(12)18/h3-11H,2H2,1H3. The topological polar surface area (TPSA) is 35.3 Å². The van der Waals surface area contributed by atoms with Crippen molar-refractivity contribution in [3.63, 3.8) is 0 Å². The van der Waals surface area contributed by atoms with Crippen molar-refractivity contribution in [3.8, 4) is 28.3 Å². The van der Waals surface area contributed by atoms with Gasteiger partial charge in [0.2, 0.25) is 0 Å². The Labute approximate surface area is 128 Å². The second-order valence-corrected chi connectivity index (χ2v) is 4.85. The summed E-state index contributed by atoms with van der Waals surface area (Å²) in [6.45, 7) is 2.44. The summed E-state index contributed by atoms with van der Waals surface area (Å²) in [7, 11) is 0. The van der Waals surface area contributed by atoms with Gasteiger partial charge in [-0.05, 0) is 25.1 Å². The smallest absolute Gasteiger partial charge is 0.294 e. The van der Waals surface area contributed by atoms with E-state index in [1.54, 1.807) is 12.5 Å². The first-order valence-corrected chi connectivity index (χ1v) is 7.09. The molecule has 0 amide bonds. The summed E-state index contributed by atoms with van der Waals surface area (Å²) in [6, 6.07) is 13.4. The zero-order valence-corrected chi connectivity index (χ0v) is 12.3. The molecule has 0 saturated carbocycles. The average Bonchev–Trinajstić information content (AvgIpc) is 2.92. The first-order valence-electron chi connectivity index (χ1n) is 6.72. The summed E-state index contributed by atoms with van der Waals surface area (Å²) in [5, 5.41) is 0.665. The van der Waals surface area contributed by atoms with Gasteiger partial charge in [0.1, 0.15) is 6.26 Å². The molecule has 0 saturated heterocycles. The van der Waals surface area contributed by atoms with E-state index >= 15 is 0 Å². The van der Waals surface area contributed by atoms with Crippen molar-refractivity contribution in [2.75, 3.05) is 6.61 Å². The molecule has 1 aromatic carbocycles. The number of halogens is 1. The molecule has 0 spiro atoms. The zero-order valence-electron chi connectivity index (χ0n) is 11.5. The maximum atomic E-state index is 6.30. The van der Waals surface area contributed by atoms with Crippen molar-refractivity contribution in [1.82, 2.24) is 4.98 Å². The molecule has 0 bridgehead atoms. The number of pyridine rings is 1. The van der Waals surface area contributed by atoms with Gasteiger partial charge in [0.15, 0.2) is 0 Å². The molecule has 2 heterocycles. The van der Waals surface area contributed by atoms with Crippen LogP contribution in [0.3, 0.4) is 0 Å². The minimum absolute atomic E-state index is 0.464. The van der Waals surface area contributed by atoms with E-state index in [2.05, 4.69) is 4.98 Å². The van der Waals surface area contributed by atoms with Gasteiger partial charge in [0.25, 0.3) is 5.95 Å². The molecule has 0 atom stereocenters. The third kappa shape index (κ3) is 2.65. The minimum atomic E-state index is 0.464. The lowest BCUT2D eigenvalue weighted by atomic mass is 10.0. The van der Waals surface area contributed by atoms with Crippen LogP contribution >= 0.6 is 11.6 Å². The molecular weight excluding hydrogens is 286 g/mol. The Kier molecular flexibility index (Phi) is 3.93. The molecule has 3 nitrogen and oxygen atoms in total. The number of hydrogen-bond donors (Lipinski definition) is 0. The largest absolute Gasteiger partial charge is 0.465 e. The quantitative estimate of drug-likeness (QED) is 0.675. The van der Waals surface area contributed by atoms with E-state index in [0.29, 0.717) is 17.6 Å². The van der Waals surface area contributed by atoms with Gasteiger partial charge in [-0.2, -0.15) is 0 Å². The van der Waals surface area contributed by atoms with Gasteiger partial charge in [-0.25, -0.2) is 0 Å². The second kappa shape index (κ2) is 6.02. The van der Waals surface area contributed by atoms with Gasteiger partial charge in [-0.15, -0.1) is 0 Å². The van der Waals surface area contributed by atoms with Crippen molar-refractivity contribution in [3.05, 3.63) is 59.9 Å². The van der Waals surface area contributed by atoms with Crippen LogP contribution < -0.4 is 4.74 Å². The van der Waals surface area contributed by atoms with Crippen LogP contribution in [0.15, 0.2) is 59.3 Å². The third-order valence-corrected chi connectivity index (χ3v) is 3.45. The lowest BCUT2D eigenvalue weighted by molar-refractivity contribution is 0.259. The molecular formula is C17H14ClNO2. The Morgan fingerprint density at radius 3 is 2.62 bits per heavy atom. The van der Waals surface area contributed by atoms with Crippen LogP contribution in [0, 0.1) is 0 Å². The van der Waals surface area contributed by atoms with E-state index < -0.39 is 0 Å². The molecule has 3 rings (SSSR count). The van der Waals surface area contributed by atoms with Crippen LogP contribution in [0.5, 0.6) is 5.95 Å². The Morgan fingerprint density at radius 2 is 1.90 bits per heavy atom. The molecule has 0 radical (unpaired) electrons. The van der Waals surface area contributed by atoms with E-state index in [0.717, 1.165) is 22.4 Å². The Hall–Kier alpha value is -2.26. The van der Waals surface area contributed by atoms with Crippen molar-refractivity contribution in [1.29, 1.82) is 0 Å². The van der Waals surface area contributed by atoms with Gasteiger partial charge in [-0.3, -0.25) is 4.98 Å². The zero-order chi connectivity index (χ0) is 14.7. The number of aromatic nitrogens is 1. The van der Waals surface area contributed by atoms with Gasteiger partial charge >= 0.3 is 0 Å². The summed E-state index contributed by atoms with van der Waals surface area (Å²) in [5.74, 6) is 0.464. The fraction of sp³-hybridized carbons (Fsp3) is 0.118. The average molecular weight is 300 g/mol. The van der Waals surface area contributed by atoms with Crippen molar-refractivity contribution in [2.24, 2.45) is 0 Å². The van der Waals surface area contributed by atoms with Gasteiger partial charge in [-0.1, -0.05) is 35.9 Å². The van der Waals surface area contributed by atoms with Gasteiger partial charge in [0.05, 0.1) is 17.9 Å². The monoisotopic (exact) mass is 299 g/mol. The normalized spacial score (nSPS) is 10.6. The Morgan fingerprint density at radius 1 is 1.10 bits per heavy atom. The Bertz CT molecular complexity index is 738. The van der Waals surface area contributed by atoms with Crippen molar-refractivity contribution >= 4 is 11.6 Å². The van der Waals surface area contributed by atoms with E-state index in [1.165, 1.54) is 0 Å². The van der Waals surface area contributed by atoms with E-state index in [1.807, 2.05) is 49.4 Å². The summed E-state index contributed by atoms with van der Waals surface area (Å²) in [5.41, 5.74) is 3.40. The summed E-state index contributed by atoms with van der Waals surface area (Å²) in [4.78, 5) is 4.40.